The van der Waals surface area contributed by atoms with E-state index in [9.17, 15) is 0 Å². The molecule has 1 aromatic carbocycles. The summed E-state index contributed by atoms with van der Waals surface area (Å²) in [6.45, 7) is 8.08. The molecule has 0 bridgehead atoms. The Hall–Kier alpha value is -1.58. The van der Waals surface area contributed by atoms with Crippen LogP contribution in [0.2, 0.25) is 0 Å². The van der Waals surface area contributed by atoms with Gasteiger partial charge in [0.15, 0.2) is 0 Å². The second-order valence-corrected chi connectivity index (χ2v) is 2.90. The van der Waals surface area contributed by atoms with Crippen molar-refractivity contribution in [1.29, 1.82) is 0 Å². The van der Waals surface area contributed by atoms with Gasteiger partial charge in [0.25, 0.3) is 0 Å². The minimum Gasteiger partial charge on any atom is -0.508 e. The highest BCUT2D eigenvalue weighted by atomic mass is 16.5. The van der Waals surface area contributed by atoms with E-state index in [1.807, 2.05) is 0 Å². The topological polar surface area (TPSA) is 49.7 Å². The van der Waals surface area contributed by atoms with Crippen molar-refractivity contribution in [1.82, 2.24) is 0 Å². The lowest BCUT2D eigenvalue weighted by molar-refractivity contribution is 0.194. The Morgan fingerprint density at radius 1 is 1.12 bits per heavy atom. The Balaban J connectivity index is 0.000000293. The zero-order chi connectivity index (χ0) is 12.2. The van der Waals surface area contributed by atoms with Crippen LogP contribution in [0.25, 0.3) is 0 Å². The van der Waals surface area contributed by atoms with E-state index in [1.54, 1.807) is 36.4 Å². The van der Waals surface area contributed by atoms with Gasteiger partial charge in [-0.15, -0.1) is 13.2 Å². The molecule has 0 saturated heterocycles. The Morgan fingerprint density at radius 2 is 1.69 bits per heavy atom. The number of para-hydroxylation sites is 1. The van der Waals surface area contributed by atoms with Crippen LogP contribution in [0.5, 0.6) is 5.75 Å². The summed E-state index contributed by atoms with van der Waals surface area (Å²) in [7, 11) is 0. The van der Waals surface area contributed by atoms with E-state index < -0.39 is 0 Å². The number of hydrogen-bond donors (Lipinski definition) is 2. The van der Waals surface area contributed by atoms with Crippen molar-refractivity contribution in [3.05, 3.63) is 55.1 Å². The molecule has 0 spiro atoms. The Morgan fingerprint density at radius 3 is 2.06 bits per heavy atom. The summed E-state index contributed by atoms with van der Waals surface area (Å²) in [6, 6.07) is 6.71. The Bertz CT molecular complexity index is 300. The number of benzene rings is 1. The number of ether oxygens (including phenoxy) is 1. The molecule has 0 fully saturated rings. The van der Waals surface area contributed by atoms with Crippen LogP contribution in [0.1, 0.15) is 5.56 Å². The third-order valence-electron chi connectivity index (χ3n) is 1.63. The normalized spacial score (nSPS) is 8.81. The number of aliphatic hydroxyl groups is 1. The molecule has 0 amide bonds. The number of rotatable bonds is 5. The zero-order valence-electron chi connectivity index (χ0n) is 9.30. The summed E-state index contributed by atoms with van der Waals surface area (Å²) in [5.41, 5.74) is 0.567. The Labute approximate surface area is 96.3 Å². The van der Waals surface area contributed by atoms with Crippen molar-refractivity contribution in [2.24, 2.45) is 0 Å². The fourth-order valence-corrected chi connectivity index (χ4v) is 0.879. The van der Waals surface area contributed by atoms with Crippen LogP contribution < -0.4 is 0 Å². The fourth-order valence-electron chi connectivity index (χ4n) is 0.879. The van der Waals surface area contributed by atoms with Gasteiger partial charge < -0.3 is 14.9 Å². The van der Waals surface area contributed by atoms with Crippen LogP contribution in [0.3, 0.4) is 0 Å². The lowest BCUT2D eigenvalue weighted by Crippen LogP contribution is -1.87. The second kappa shape index (κ2) is 9.96. The van der Waals surface area contributed by atoms with Crippen molar-refractivity contribution >= 4 is 0 Å². The molecule has 0 aliphatic carbocycles. The van der Waals surface area contributed by atoms with Gasteiger partial charge in [0, 0.05) is 5.56 Å². The average Bonchev–Trinajstić information content (AvgIpc) is 2.31. The first-order valence-electron chi connectivity index (χ1n) is 4.93. The van der Waals surface area contributed by atoms with E-state index in [2.05, 4.69) is 13.2 Å². The highest BCUT2D eigenvalue weighted by Crippen LogP contribution is 2.14. The summed E-state index contributed by atoms with van der Waals surface area (Å²) in [5.74, 6) is 0.153. The van der Waals surface area contributed by atoms with Crippen molar-refractivity contribution in [3.8, 4) is 5.75 Å². The molecule has 16 heavy (non-hydrogen) atoms. The molecule has 0 saturated carbocycles. The summed E-state index contributed by atoms with van der Waals surface area (Å²) in [5, 5.41) is 17.5. The van der Waals surface area contributed by atoms with Crippen molar-refractivity contribution < 1.29 is 14.9 Å². The van der Waals surface area contributed by atoms with E-state index in [-0.39, 0.29) is 12.4 Å². The number of phenols is 1. The van der Waals surface area contributed by atoms with Gasteiger partial charge >= 0.3 is 0 Å². The summed E-state index contributed by atoms with van der Waals surface area (Å²) >= 11 is 0. The molecule has 3 heteroatoms. The molecule has 0 unspecified atom stereocenters. The minimum atomic E-state index is -0.104. The lowest BCUT2D eigenvalue weighted by atomic mass is 10.2. The molecular formula is C13H18O3. The standard InChI is InChI=1S/C7H8O2.C6H10O/c8-5-6-3-1-2-4-7(6)9;1-3-5-7-6-4-2/h1-4,8-9H,5H2;3-4H,1-2,5-6H2. The summed E-state index contributed by atoms with van der Waals surface area (Å²) in [4.78, 5) is 0. The van der Waals surface area contributed by atoms with Gasteiger partial charge in [0.1, 0.15) is 5.75 Å². The summed E-state index contributed by atoms with van der Waals surface area (Å²) in [6.07, 6.45) is 3.42. The van der Waals surface area contributed by atoms with Gasteiger partial charge in [-0.25, -0.2) is 0 Å². The number of aliphatic hydroxyl groups excluding tert-OH is 1. The molecular weight excluding hydrogens is 204 g/mol. The molecule has 0 aliphatic heterocycles. The first-order chi connectivity index (χ1) is 7.76. The van der Waals surface area contributed by atoms with Gasteiger partial charge in [0.2, 0.25) is 0 Å². The SMILES string of the molecule is C=CCOCC=C.OCc1ccccc1O. The van der Waals surface area contributed by atoms with Crippen molar-refractivity contribution in [2.75, 3.05) is 13.2 Å². The fraction of sp³-hybridized carbons (Fsp3) is 0.231. The molecule has 0 heterocycles. The van der Waals surface area contributed by atoms with E-state index >= 15 is 0 Å². The van der Waals surface area contributed by atoms with Crippen LogP contribution in [-0.2, 0) is 11.3 Å². The highest BCUT2D eigenvalue weighted by Gasteiger charge is 1.93. The predicted molar refractivity (Wildman–Crippen MR) is 65.2 cm³/mol. The molecule has 1 aromatic rings. The van der Waals surface area contributed by atoms with Gasteiger partial charge in [-0.3, -0.25) is 0 Å². The maximum atomic E-state index is 8.95. The van der Waals surface area contributed by atoms with Crippen LogP contribution in [-0.4, -0.2) is 23.4 Å². The first-order valence-corrected chi connectivity index (χ1v) is 4.93. The summed E-state index contributed by atoms with van der Waals surface area (Å²) < 4.78 is 4.90. The van der Waals surface area contributed by atoms with Crippen LogP contribution in [0, 0.1) is 0 Å². The number of hydrogen-bond acceptors (Lipinski definition) is 3. The Kier molecular flexibility index (Phi) is 8.97. The second-order valence-electron chi connectivity index (χ2n) is 2.90. The smallest absolute Gasteiger partial charge is 0.121 e. The lowest BCUT2D eigenvalue weighted by Gasteiger charge is -1.96. The molecule has 0 aliphatic rings. The van der Waals surface area contributed by atoms with E-state index in [0.29, 0.717) is 18.8 Å². The quantitative estimate of drug-likeness (QED) is 0.593. The van der Waals surface area contributed by atoms with Gasteiger partial charge in [-0.1, -0.05) is 30.4 Å². The number of aromatic hydroxyl groups is 1. The first kappa shape index (κ1) is 14.4. The highest BCUT2D eigenvalue weighted by molar-refractivity contribution is 5.30. The van der Waals surface area contributed by atoms with Gasteiger partial charge in [-0.2, -0.15) is 0 Å². The van der Waals surface area contributed by atoms with E-state index in [4.69, 9.17) is 14.9 Å². The van der Waals surface area contributed by atoms with Gasteiger partial charge in [-0.05, 0) is 6.07 Å². The molecule has 0 atom stereocenters. The molecule has 0 radical (unpaired) electrons. The van der Waals surface area contributed by atoms with Crippen molar-refractivity contribution in [3.63, 3.8) is 0 Å². The maximum absolute atomic E-state index is 8.95. The van der Waals surface area contributed by atoms with E-state index in [1.165, 1.54) is 0 Å². The molecule has 0 aromatic heterocycles. The van der Waals surface area contributed by atoms with E-state index in [0.717, 1.165) is 0 Å². The van der Waals surface area contributed by atoms with Gasteiger partial charge in [0.05, 0.1) is 19.8 Å². The third kappa shape index (κ3) is 6.81. The van der Waals surface area contributed by atoms with Crippen LogP contribution in [0.4, 0.5) is 0 Å². The van der Waals surface area contributed by atoms with Crippen molar-refractivity contribution in [2.45, 2.75) is 6.61 Å². The molecule has 3 nitrogen and oxygen atoms in total. The molecule has 2 N–H and O–H groups in total. The maximum Gasteiger partial charge on any atom is 0.121 e. The largest absolute Gasteiger partial charge is 0.508 e. The average molecular weight is 222 g/mol. The monoisotopic (exact) mass is 222 g/mol. The zero-order valence-corrected chi connectivity index (χ0v) is 9.30. The van der Waals surface area contributed by atoms with Crippen LogP contribution in [0.15, 0.2) is 49.6 Å². The minimum absolute atomic E-state index is 0.104. The third-order valence-corrected chi connectivity index (χ3v) is 1.63. The van der Waals surface area contributed by atoms with Crippen LogP contribution >= 0.6 is 0 Å². The predicted octanol–water partition coefficient (Wildman–Crippen LogP) is 2.26. The molecule has 88 valence electrons. The molecule has 1 rings (SSSR count).